The number of nitrogens with two attached hydrogens (primary N) is 1. The summed E-state index contributed by atoms with van der Waals surface area (Å²) in [6.45, 7) is 4.78. The third-order valence-electron chi connectivity index (χ3n) is 3.26. The lowest BCUT2D eigenvalue weighted by atomic mass is 9.77. The van der Waals surface area contributed by atoms with Crippen LogP contribution in [0.15, 0.2) is 12.1 Å². The molecule has 0 fully saturated rings. The number of ether oxygens (including phenoxy) is 1. The predicted octanol–water partition coefficient (Wildman–Crippen LogP) is 1.25. The molecule has 2 heterocycles. The highest BCUT2D eigenvalue weighted by molar-refractivity contribution is 6.65. The molecule has 3 rings (SSSR count). The Labute approximate surface area is 111 Å². The van der Waals surface area contributed by atoms with Gasteiger partial charge in [-0.1, -0.05) is 17.7 Å². The first kappa shape index (κ1) is 12.3. The molecule has 0 amide bonds. The van der Waals surface area contributed by atoms with Crippen LogP contribution in [0.25, 0.3) is 0 Å². The monoisotopic (exact) mass is 267 g/mol. The van der Waals surface area contributed by atoms with Crippen LogP contribution in [-0.4, -0.2) is 25.9 Å². The fraction of sp³-hybridized carbons (Fsp3) is 0.500. The van der Waals surface area contributed by atoms with E-state index in [0.29, 0.717) is 23.9 Å². The molecular weight excluding hydrogens is 252 g/mol. The van der Waals surface area contributed by atoms with Crippen molar-refractivity contribution in [3.05, 3.63) is 22.7 Å². The van der Waals surface area contributed by atoms with Crippen LogP contribution in [0.4, 0.5) is 0 Å². The van der Waals surface area contributed by atoms with Crippen molar-refractivity contribution < 1.29 is 14.0 Å². The average Bonchev–Trinajstić information content (AvgIpc) is 2.58. The zero-order valence-electron chi connectivity index (χ0n) is 10.4. The Bertz CT molecular complexity index is 494. The second kappa shape index (κ2) is 4.13. The first-order valence-corrected chi connectivity index (χ1v) is 6.38. The molecule has 0 spiro atoms. The Morgan fingerprint density at radius 1 is 1.50 bits per heavy atom. The summed E-state index contributed by atoms with van der Waals surface area (Å²) in [7, 11) is -0.445. The van der Waals surface area contributed by atoms with Crippen LogP contribution in [0.5, 0.6) is 5.75 Å². The SMILES string of the molecule is CC1(C)COc2c(Cl)ccc3c2B(O[C@@H]3CN)O1. The minimum absolute atomic E-state index is 0.154. The van der Waals surface area contributed by atoms with Crippen molar-refractivity contribution in [2.75, 3.05) is 13.2 Å². The van der Waals surface area contributed by atoms with Crippen molar-refractivity contribution >= 4 is 24.2 Å². The maximum Gasteiger partial charge on any atom is 0.499 e. The highest BCUT2D eigenvalue weighted by atomic mass is 35.5. The summed E-state index contributed by atoms with van der Waals surface area (Å²) in [4.78, 5) is 0. The van der Waals surface area contributed by atoms with Gasteiger partial charge < -0.3 is 19.8 Å². The quantitative estimate of drug-likeness (QED) is 0.778. The maximum atomic E-state index is 6.20. The topological polar surface area (TPSA) is 53.7 Å². The lowest BCUT2D eigenvalue weighted by Crippen LogP contribution is -2.40. The Hall–Kier alpha value is -0.745. The molecule has 0 unspecified atom stereocenters. The van der Waals surface area contributed by atoms with Crippen LogP contribution in [0, 0.1) is 0 Å². The fourth-order valence-electron chi connectivity index (χ4n) is 2.39. The lowest BCUT2D eigenvalue weighted by molar-refractivity contribution is 0.0282. The molecule has 1 aromatic rings. The molecule has 2 N–H and O–H groups in total. The third-order valence-corrected chi connectivity index (χ3v) is 3.55. The van der Waals surface area contributed by atoms with E-state index in [9.17, 15) is 0 Å². The first-order chi connectivity index (χ1) is 8.52. The molecule has 1 atom stereocenters. The molecule has 6 heteroatoms. The van der Waals surface area contributed by atoms with Crippen LogP contribution < -0.4 is 15.9 Å². The van der Waals surface area contributed by atoms with Gasteiger partial charge in [0, 0.05) is 12.0 Å². The Balaban J connectivity index is 2.13. The normalized spacial score (nSPS) is 24.4. The molecule has 96 valence electrons. The number of hydrogen-bond donors (Lipinski definition) is 1. The van der Waals surface area contributed by atoms with Crippen LogP contribution in [-0.2, 0) is 9.31 Å². The van der Waals surface area contributed by atoms with E-state index in [1.807, 2.05) is 26.0 Å². The van der Waals surface area contributed by atoms with E-state index in [2.05, 4.69) is 0 Å². The largest absolute Gasteiger partial charge is 0.499 e. The molecule has 1 aromatic carbocycles. The minimum Gasteiger partial charge on any atom is -0.489 e. The third kappa shape index (κ3) is 1.82. The van der Waals surface area contributed by atoms with Gasteiger partial charge in [-0.15, -0.1) is 0 Å². The van der Waals surface area contributed by atoms with Gasteiger partial charge in [0.05, 0.1) is 16.7 Å². The lowest BCUT2D eigenvalue weighted by Gasteiger charge is -2.25. The van der Waals surface area contributed by atoms with E-state index >= 15 is 0 Å². The second-order valence-electron chi connectivity index (χ2n) is 5.24. The number of rotatable bonds is 1. The molecule has 2 aliphatic rings. The van der Waals surface area contributed by atoms with Crippen molar-refractivity contribution in [1.82, 2.24) is 0 Å². The van der Waals surface area contributed by atoms with Crippen LogP contribution in [0.3, 0.4) is 0 Å². The van der Waals surface area contributed by atoms with Crippen molar-refractivity contribution in [2.24, 2.45) is 5.73 Å². The zero-order chi connectivity index (χ0) is 12.9. The smallest absolute Gasteiger partial charge is 0.489 e. The van der Waals surface area contributed by atoms with Crippen molar-refractivity contribution in [1.29, 1.82) is 0 Å². The van der Waals surface area contributed by atoms with Gasteiger partial charge in [-0.3, -0.25) is 0 Å². The van der Waals surface area contributed by atoms with Crippen LogP contribution in [0.1, 0.15) is 25.5 Å². The predicted molar refractivity (Wildman–Crippen MR) is 70.4 cm³/mol. The molecule has 0 aliphatic carbocycles. The highest BCUT2D eigenvalue weighted by Gasteiger charge is 2.45. The number of hydrogen-bond acceptors (Lipinski definition) is 4. The van der Waals surface area contributed by atoms with Crippen molar-refractivity contribution in [2.45, 2.75) is 25.6 Å². The molecule has 18 heavy (non-hydrogen) atoms. The summed E-state index contributed by atoms with van der Waals surface area (Å²) in [6.07, 6.45) is -0.154. The summed E-state index contributed by atoms with van der Waals surface area (Å²) in [5.41, 5.74) is 7.21. The van der Waals surface area contributed by atoms with Crippen molar-refractivity contribution in [3.63, 3.8) is 0 Å². The minimum atomic E-state index is -0.445. The summed E-state index contributed by atoms with van der Waals surface area (Å²) in [5, 5.41) is 0.585. The van der Waals surface area contributed by atoms with Gasteiger partial charge in [0.15, 0.2) is 0 Å². The van der Waals surface area contributed by atoms with Gasteiger partial charge in [-0.2, -0.15) is 0 Å². The van der Waals surface area contributed by atoms with Gasteiger partial charge in [0.1, 0.15) is 12.4 Å². The standard InChI is InChI=1S/C12H15BClNO3/c1-12(2)6-16-11-8(14)4-3-7-9(5-15)17-13(18-12)10(7)11/h3-4,9H,5-6,15H2,1-2H3/t9-/m1/s1. The van der Waals surface area contributed by atoms with Crippen LogP contribution in [0.2, 0.25) is 5.02 Å². The van der Waals surface area contributed by atoms with E-state index in [4.69, 9.17) is 31.4 Å². The van der Waals surface area contributed by atoms with Gasteiger partial charge >= 0.3 is 7.12 Å². The second-order valence-corrected chi connectivity index (χ2v) is 5.65. The highest BCUT2D eigenvalue weighted by Crippen LogP contribution is 2.36. The molecule has 0 aromatic heterocycles. The Morgan fingerprint density at radius 3 is 3.00 bits per heavy atom. The summed E-state index contributed by atoms with van der Waals surface area (Å²) < 4.78 is 17.6. The molecule has 0 bridgehead atoms. The maximum absolute atomic E-state index is 6.20. The van der Waals surface area contributed by atoms with E-state index in [-0.39, 0.29) is 6.10 Å². The Morgan fingerprint density at radius 2 is 2.28 bits per heavy atom. The Kier molecular flexibility index (Phi) is 2.82. The van der Waals surface area contributed by atoms with Gasteiger partial charge in [-0.25, -0.2) is 0 Å². The summed E-state index contributed by atoms with van der Waals surface area (Å²) in [6, 6.07) is 3.76. The zero-order valence-corrected chi connectivity index (χ0v) is 11.2. The van der Waals surface area contributed by atoms with Gasteiger partial charge in [0.2, 0.25) is 0 Å². The molecule has 4 nitrogen and oxygen atoms in total. The number of benzene rings is 1. The van der Waals surface area contributed by atoms with E-state index in [0.717, 1.165) is 11.0 Å². The molecular formula is C12H15BClNO3. The molecule has 0 radical (unpaired) electrons. The molecule has 2 aliphatic heterocycles. The number of halogens is 1. The van der Waals surface area contributed by atoms with Crippen molar-refractivity contribution in [3.8, 4) is 5.75 Å². The van der Waals surface area contributed by atoms with Gasteiger partial charge in [-0.05, 0) is 25.5 Å². The molecule has 0 saturated heterocycles. The summed E-state index contributed by atoms with van der Waals surface area (Å²) in [5.74, 6) is 0.667. The van der Waals surface area contributed by atoms with E-state index < -0.39 is 12.7 Å². The summed E-state index contributed by atoms with van der Waals surface area (Å²) >= 11 is 6.20. The molecule has 0 saturated carbocycles. The average molecular weight is 268 g/mol. The van der Waals surface area contributed by atoms with E-state index in [1.165, 1.54) is 0 Å². The first-order valence-electron chi connectivity index (χ1n) is 6.00. The van der Waals surface area contributed by atoms with E-state index in [1.54, 1.807) is 0 Å². The van der Waals surface area contributed by atoms with Gasteiger partial charge in [0.25, 0.3) is 0 Å². The fourth-order valence-corrected chi connectivity index (χ4v) is 2.61. The van der Waals surface area contributed by atoms with Crippen LogP contribution >= 0.6 is 11.6 Å².